The first-order valence-corrected chi connectivity index (χ1v) is 11.3. The number of hydrogen-bond donors (Lipinski definition) is 0. The number of thiophene rings is 1. The molecule has 1 aromatic carbocycles. The smallest absolute Gasteiger partial charge is 0.264 e. The van der Waals surface area contributed by atoms with Crippen LogP contribution in [0.25, 0.3) is 11.5 Å². The zero-order valence-electron chi connectivity index (χ0n) is 15.7. The second-order valence-corrected chi connectivity index (χ2v) is 8.82. The second kappa shape index (κ2) is 8.89. The average Bonchev–Trinajstić information content (AvgIpc) is 3.34. The Labute approximate surface area is 172 Å². The van der Waals surface area contributed by atoms with Gasteiger partial charge in [0.15, 0.2) is 5.82 Å². The fourth-order valence-electron chi connectivity index (χ4n) is 3.25. The van der Waals surface area contributed by atoms with Gasteiger partial charge in [0.2, 0.25) is 0 Å². The van der Waals surface area contributed by atoms with Gasteiger partial charge in [-0.2, -0.15) is 4.98 Å². The van der Waals surface area contributed by atoms with Crippen molar-refractivity contribution in [1.82, 2.24) is 19.9 Å². The van der Waals surface area contributed by atoms with Crippen LogP contribution >= 0.6 is 23.1 Å². The number of amides is 1. The molecule has 1 aliphatic rings. The summed E-state index contributed by atoms with van der Waals surface area (Å²) in [7, 11) is 0. The fraction of sp³-hybridized carbons (Fsp3) is 0.350. The molecule has 28 heavy (non-hydrogen) atoms. The maximum atomic E-state index is 12.8. The van der Waals surface area contributed by atoms with Gasteiger partial charge in [0.1, 0.15) is 0 Å². The minimum absolute atomic E-state index is 0.137. The molecule has 0 aliphatic carbocycles. The highest BCUT2D eigenvalue weighted by atomic mass is 32.2. The molecule has 3 aromatic rings. The van der Waals surface area contributed by atoms with Crippen LogP contribution in [0, 0.1) is 0 Å². The van der Waals surface area contributed by atoms with Crippen LogP contribution < -0.4 is 0 Å². The predicted octanol–water partition coefficient (Wildman–Crippen LogP) is 3.87. The third-order valence-electron chi connectivity index (χ3n) is 4.72. The lowest BCUT2D eigenvalue weighted by Crippen LogP contribution is -2.34. The summed E-state index contributed by atoms with van der Waals surface area (Å²) in [5, 5.41) is 4.12. The summed E-state index contributed by atoms with van der Waals surface area (Å²) in [6, 6.07) is 13.7. The highest BCUT2D eigenvalue weighted by Crippen LogP contribution is 2.26. The maximum Gasteiger partial charge on any atom is 0.264 e. The number of hydrogen-bond acceptors (Lipinski definition) is 7. The number of nitrogens with zero attached hydrogens (tertiary/aromatic N) is 4. The van der Waals surface area contributed by atoms with Crippen molar-refractivity contribution in [2.45, 2.75) is 17.2 Å². The van der Waals surface area contributed by atoms with Gasteiger partial charge in [-0.1, -0.05) is 23.4 Å². The van der Waals surface area contributed by atoms with Crippen molar-refractivity contribution in [1.29, 1.82) is 0 Å². The summed E-state index contributed by atoms with van der Waals surface area (Å²) in [5.74, 6) is 1.36. The summed E-state index contributed by atoms with van der Waals surface area (Å²) in [5.41, 5.74) is 0.925. The summed E-state index contributed by atoms with van der Waals surface area (Å²) in [4.78, 5) is 22.4. The van der Waals surface area contributed by atoms with E-state index in [2.05, 4.69) is 15.0 Å². The first kappa shape index (κ1) is 19.2. The van der Waals surface area contributed by atoms with Gasteiger partial charge < -0.3 is 9.42 Å². The van der Waals surface area contributed by atoms with E-state index < -0.39 is 0 Å². The zero-order valence-corrected chi connectivity index (χ0v) is 17.3. The standard InChI is InChI=1S/C20H22N4O2S2/c1-27-18-9-8-16(28-18)20(25)24-11-5-10-23(12-13-24)14-17-21-19(26-22-17)15-6-3-2-4-7-15/h2-4,6-9H,5,10-14H2,1H3. The SMILES string of the molecule is CSc1ccc(C(=O)N2CCCN(Cc3noc(-c4ccccc4)n3)CC2)s1. The van der Waals surface area contributed by atoms with Crippen LogP contribution in [0.2, 0.25) is 0 Å². The molecule has 6 nitrogen and oxygen atoms in total. The van der Waals surface area contributed by atoms with Gasteiger partial charge in [0, 0.05) is 31.7 Å². The maximum absolute atomic E-state index is 12.8. The number of carbonyl (C=O) groups excluding carboxylic acids is 1. The summed E-state index contributed by atoms with van der Waals surface area (Å²) >= 11 is 3.25. The van der Waals surface area contributed by atoms with Gasteiger partial charge in [-0.05, 0) is 36.9 Å². The number of benzene rings is 1. The van der Waals surface area contributed by atoms with Gasteiger partial charge in [-0.15, -0.1) is 23.1 Å². The van der Waals surface area contributed by atoms with Gasteiger partial charge in [-0.3, -0.25) is 9.69 Å². The molecule has 1 fully saturated rings. The molecule has 0 saturated carbocycles. The highest BCUT2D eigenvalue weighted by Gasteiger charge is 2.22. The van der Waals surface area contributed by atoms with Crippen LogP contribution in [0.5, 0.6) is 0 Å². The van der Waals surface area contributed by atoms with Crippen molar-refractivity contribution >= 4 is 29.0 Å². The van der Waals surface area contributed by atoms with E-state index in [0.29, 0.717) is 24.8 Å². The van der Waals surface area contributed by atoms with Crippen LogP contribution in [0.15, 0.2) is 51.2 Å². The largest absolute Gasteiger partial charge is 0.337 e. The lowest BCUT2D eigenvalue weighted by Gasteiger charge is -2.20. The summed E-state index contributed by atoms with van der Waals surface area (Å²) in [6.45, 7) is 3.85. The molecule has 146 valence electrons. The molecule has 0 unspecified atom stereocenters. The molecule has 2 aromatic heterocycles. The Bertz CT molecular complexity index is 925. The molecule has 0 bridgehead atoms. The first-order valence-electron chi connectivity index (χ1n) is 9.26. The van der Waals surface area contributed by atoms with Gasteiger partial charge >= 0.3 is 0 Å². The van der Waals surface area contributed by atoms with Crippen LogP contribution in [-0.4, -0.2) is 58.3 Å². The van der Waals surface area contributed by atoms with Crippen LogP contribution in [0.4, 0.5) is 0 Å². The third kappa shape index (κ3) is 4.45. The van der Waals surface area contributed by atoms with Gasteiger partial charge in [-0.25, -0.2) is 0 Å². The molecule has 1 aliphatic heterocycles. The molecule has 0 radical (unpaired) electrons. The zero-order chi connectivity index (χ0) is 19.3. The highest BCUT2D eigenvalue weighted by molar-refractivity contribution is 8.00. The number of aromatic nitrogens is 2. The second-order valence-electron chi connectivity index (χ2n) is 6.63. The van der Waals surface area contributed by atoms with Gasteiger partial charge in [0.25, 0.3) is 11.8 Å². The lowest BCUT2D eigenvalue weighted by molar-refractivity contribution is 0.0765. The minimum Gasteiger partial charge on any atom is -0.337 e. The number of rotatable bonds is 5. The molecule has 8 heteroatoms. The molecular formula is C20H22N4O2S2. The van der Waals surface area contributed by atoms with Crippen LogP contribution in [0.3, 0.4) is 0 Å². The van der Waals surface area contributed by atoms with E-state index in [1.165, 1.54) is 4.21 Å². The Morgan fingerprint density at radius 1 is 1.14 bits per heavy atom. The first-order chi connectivity index (χ1) is 13.7. The third-order valence-corrected chi connectivity index (χ3v) is 6.88. The number of carbonyl (C=O) groups is 1. The van der Waals surface area contributed by atoms with Crippen molar-refractivity contribution in [2.24, 2.45) is 0 Å². The van der Waals surface area contributed by atoms with E-state index in [4.69, 9.17) is 4.52 Å². The molecule has 0 atom stereocenters. The topological polar surface area (TPSA) is 62.5 Å². The Hall–Kier alpha value is -2.16. The quantitative estimate of drug-likeness (QED) is 0.591. The van der Waals surface area contributed by atoms with E-state index in [9.17, 15) is 4.79 Å². The predicted molar refractivity (Wildman–Crippen MR) is 112 cm³/mol. The molecular weight excluding hydrogens is 392 g/mol. The average molecular weight is 415 g/mol. The van der Waals surface area contributed by atoms with E-state index in [1.807, 2.05) is 53.6 Å². The van der Waals surface area contributed by atoms with E-state index >= 15 is 0 Å². The van der Waals surface area contributed by atoms with Crippen LogP contribution in [-0.2, 0) is 6.54 Å². The van der Waals surface area contributed by atoms with E-state index in [0.717, 1.165) is 36.5 Å². The minimum atomic E-state index is 0.137. The van der Waals surface area contributed by atoms with Gasteiger partial charge in [0.05, 0.1) is 15.6 Å². The van der Waals surface area contributed by atoms with Crippen molar-refractivity contribution in [2.75, 3.05) is 32.4 Å². The molecule has 3 heterocycles. The Kier molecular flexibility index (Phi) is 6.09. The Balaban J connectivity index is 1.35. The van der Waals surface area contributed by atoms with Crippen LogP contribution in [0.1, 0.15) is 21.9 Å². The van der Waals surface area contributed by atoms with Crippen molar-refractivity contribution in [3.63, 3.8) is 0 Å². The molecule has 1 saturated heterocycles. The van der Waals surface area contributed by atoms with Crippen molar-refractivity contribution < 1.29 is 9.32 Å². The Morgan fingerprint density at radius 2 is 2.00 bits per heavy atom. The van der Waals surface area contributed by atoms with E-state index in [-0.39, 0.29) is 5.91 Å². The lowest BCUT2D eigenvalue weighted by atomic mass is 10.2. The summed E-state index contributed by atoms with van der Waals surface area (Å²) in [6.07, 6.45) is 2.97. The monoisotopic (exact) mass is 414 g/mol. The summed E-state index contributed by atoms with van der Waals surface area (Å²) < 4.78 is 6.57. The van der Waals surface area contributed by atoms with Crippen molar-refractivity contribution in [3.05, 3.63) is 53.2 Å². The molecule has 1 amide bonds. The number of thioether (sulfide) groups is 1. The van der Waals surface area contributed by atoms with E-state index in [1.54, 1.807) is 23.1 Å². The normalized spacial score (nSPS) is 15.5. The molecule has 0 spiro atoms. The molecule has 0 N–H and O–H groups in total. The Morgan fingerprint density at radius 3 is 2.79 bits per heavy atom. The fourth-order valence-corrected chi connectivity index (χ4v) is 4.76. The molecule has 4 rings (SSSR count). The van der Waals surface area contributed by atoms with Crippen molar-refractivity contribution in [3.8, 4) is 11.5 Å².